The highest BCUT2D eigenvalue weighted by atomic mass is 16.5. The number of hydrogen-bond acceptors (Lipinski definition) is 3. The number of carbonyl (C=O) groups excluding carboxylic acids is 1. The Kier molecular flexibility index (Phi) is 5.57. The van der Waals surface area contributed by atoms with E-state index in [0.29, 0.717) is 12.3 Å². The molecule has 0 saturated heterocycles. The zero-order valence-corrected chi connectivity index (χ0v) is 13.1. The van der Waals surface area contributed by atoms with E-state index < -0.39 is 6.10 Å². The minimum absolute atomic E-state index is 0.108. The molecule has 20 heavy (non-hydrogen) atoms. The van der Waals surface area contributed by atoms with Crippen LogP contribution in [0.1, 0.15) is 45.2 Å². The van der Waals surface area contributed by atoms with Crippen molar-refractivity contribution >= 4 is 5.91 Å². The van der Waals surface area contributed by atoms with Gasteiger partial charge in [-0.2, -0.15) is 0 Å². The molecule has 0 radical (unpaired) electrons. The Labute approximate surface area is 121 Å². The molecule has 0 heterocycles. The highest BCUT2D eigenvalue weighted by Gasteiger charge is 2.23. The summed E-state index contributed by atoms with van der Waals surface area (Å²) in [5.74, 6) is 0.607. The molecule has 1 aromatic rings. The van der Waals surface area contributed by atoms with E-state index in [4.69, 9.17) is 10.5 Å². The van der Waals surface area contributed by atoms with Gasteiger partial charge in [-0.3, -0.25) is 4.79 Å². The predicted octanol–water partition coefficient (Wildman–Crippen LogP) is 2.53. The Hall–Kier alpha value is -1.55. The monoisotopic (exact) mass is 278 g/mol. The van der Waals surface area contributed by atoms with Gasteiger partial charge in [0.25, 0.3) is 5.91 Å². The Bertz CT molecular complexity index is 470. The van der Waals surface area contributed by atoms with Gasteiger partial charge in [-0.1, -0.05) is 25.1 Å². The van der Waals surface area contributed by atoms with Gasteiger partial charge in [-0.15, -0.1) is 0 Å². The molecule has 1 amide bonds. The molecule has 0 fully saturated rings. The summed E-state index contributed by atoms with van der Waals surface area (Å²) in [6.45, 7) is 10.1. The molecule has 0 aromatic heterocycles. The van der Waals surface area contributed by atoms with Crippen LogP contribution in [-0.2, 0) is 11.3 Å². The number of aryl methyl sites for hydroxylation is 1. The molecule has 0 aliphatic heterocycles. The van der Waals surface area contributed by atoms with Crippen LogP contribution in [0.4, 0.5) is 0 Å². The van der Waals surface area contributed by atoms with Crippen LogP contribution in [0.25, 0.3) is 0 Å². The maximum Gasteiger partial charge on any atom is 0.261 e. The quantitative estimate of drug-likeness (QED) is 0.840. The third-order valence-electron chi connectivity index (χ3n) is 3.52. The van der Waals surface area contributed by atoms with Crippen LogP contribution in [0.3, 0.4) is 0 Å². The van der Waals surface area contributed by atoms with Gasteiger partial charge in [0, 0.05) is 17.6 Å². The lowest BCUT2D eigenvalue weighted by Crippen LogP contribution is -2.48. The third kappa shape index (κ3) is 4.23. The standard InChI is InChI=1S/C16H26N2O2/c1-6-16(4,5)18-15(19)12(3)20-14-11(2)8-7-9-13(14)10-17/h7-9,12H,6,10,17H2,1-5H3,(H,18,19). The fraction of sp³-hybridized carbons (Fsp3) is 0.562. The van der Waals surface area contributed by atoms with Crippen LogP contribution in [0.5, 0.6) is 5.75 Å². The van der Waals surface area contributed by atoms with Gasteiger partial charge in [-0.25, -0.2) is 0 Å². The largest absolute Gasteiger partial charge is 0.480 e. The summed E-state index contributed by atoms with van der Waals surface area (Å²) in [6, 6.07) is 5.81. The van der Waals surface area contributed by atoms with E-state index in [1.807, 2.05) is 45.9 Å². The number of hydrogen-bond donors (Lipinski definition) is 2. The molecule has 4 nitrogen and oxygen atoms in total. The molecule has 0 aliphatic rings. The van der Waals surface area contributed by atoms with E-state index in [1.165, 1.54) is 0 Å². The minimum Gasteiger partial charge on any atom is -0.480 e. The molecule has 112 valence electrons. The van der Waals surface area contributed by atoms with Crippen LogP contribution in [0, 0.1) is 6.92 Å². The zero-order chi connectivity index (χ0) is 15.3. The Morgan fingerprint density at radius 1 is 1.45 bits per heavy atom. The molecule has 1 aromatic carbocycles. The second kappa shape index (κ2) is 6.75. The molecule has 0 aliphatic carbocycles. The van der Waals surface area contributed by atoms with E-state index in [0.717, 1.165) is 17.5 Å². The lowest BCUT2D eigenvalue weighted by Gasteiger charge is -2.27. The fourth-order valence-electron chi connectivity index (χ4n) is 1.80. The summed E-state index contributed by atoms with van der Waals surface area (Å²) in [5, 5.41) is 2.99. The van der Waals surface area contributed by atoms with E-state index in [-0.39, 0.29) is 11.4 Å². The highest BCUT2D eigenvalue weighted by molar-refractivity contribution is 5.81. The van der Waals surface area contributed by atoms with E-state index >= 15 is 0 Å². The van der Waals surface area contributed by atoms with Crippen molar-refractivity contribution in [1.82, 2.24) is 5.32 Å². The van der Waals surface area contributed by atoms with Crippen molar-refractivity contribution in [2.75, 3.05) is 0 Å². The van der Waals surface area contributed by atoms with Gasteiger partial charge in [0.1, 0.15) is 5.75 Å². The second-order valence-corrected chi connectivity index (χ2v) is 5.75. The molecule has 0 bridgehead atoms. The fourth-order valence-corrected chi connectivity index (χ4v) is 1.80. The maximum absolute atomic E-state index is 12.2. The summed E-state index contributed by atoms with van der Waals surface area (Å²) in [7, 11) is 0. The number of rotatable bonds is 6. The molecular weight excluding hydrogens is 252 g/mol. The lowest BCUT2D eigenvalue weighted by atomic mass is 10.0. The van der Waals surface area contributed by atoms with Gasteiger partial charge >= 0.3 is 0 Å². The number of benzene rings is 1. The van der Waals surface area contributed by atoms with Crippen molar-refractivity contribution in [1.29, 1.82) is 0 Å². The molecular formula is C16H26N2O2. The predicted molar refractivity (Wildman–Crippen MR) is 81.7 cm³/mol. The molecule has 1 rings (SSSR count). The van der Waals surface area contributed by atoms with Crippen molar-refractivity contribution in [3.05, 3.63) is 29.3 Å². The van der Waals surface area contributed by atoms with Gasteiger partial charge < -0.3 is 15.8 Å². The van der Waals surface area contributed by atoms with Crippen LogP contribution < -0.4 is 15.8 Å². The first-order valence-electron chi connectivity index (χ1n) is 7.08. The maximum atomic E-state index is 12.2. The van der Waals surface area contributed by atoms with Crippen molar-refractivity contribution in [2.45, 2.75) is 59.2 Å². The van der Waals surface area contributed by atoms with Crippen molar-refractivity contribution in [2.24, 2.45) is 5.73 Å². The van der Waals surface area contributed by atoms with Crippen LogP contribution in [0.15, 0.2) is 18.2 Å². The molecule has 4 heteroatoms. The number of nitrogens with one attached hydrogen (secondary N) is 1. The Morgan fingerprint density at radius 2 is 2.10 bits per heavy atom. The Balaban J connectivity index is 2.81. The minimum atomic E-state index is -0.549. The first-order valence-corrected chi connectivity index (χ1v) is 7.08. The first-order chi connectivity index (χ1) is 9.30. The van der Waals surface area contributed by atoms with E-state index in [2.05, 4.69) is 5.32 Å². The van der Waals surface area contributed by atoms with Crippen LogP contribution >= 0.6 is 0 Å². The summed E-state index contributed by atoms with van der Waals surface area (Å²) >= 11 is 0. The summed E-state index contributed by atoms with van der Waals surface area (Å²) in [5.41, 5.74) is 7.39. The van der Waals surface area contributed by atoms with E-state index in [1.54, 1.807) is 6.92 Å². The van der Waals surface area contributed by atoms with Gasteiger partial charge in [-0.05, 0) is 39.7 Å². The normalized spacial score (nSPS) is 12.9. The lowest BCUT2D eigenvalue weighted by molar-refractivity contribution is -0.129. The highest BCUT2D eigenvalue weighted by Crippen LogP contribution is 2.24. The average molecular weight is 278 g/mol. The number of para-hydroxylation sites is 1. The van der Waals surface area contributed by atoms with Crippen LogP contribution in [-0.4, -0.2) is 17.6 Å². The molecule has 0 spiro atoms. The topological polar surface area (TPSA) is 64.3 Å². The molecule has 1 unspecified atom stereocenters. The average Bonchev–Trinajstić information content (AvgIpc) is 2.40. The smallest absolute Gasteiger partial charge is 0.261 e. The van der Waals surface area contributed by atoms with Gasteiger partial charge in [0.2, 0.25) is 0 Å². The number of ether oxygens (including phenoxy) is 1. The molecule has 3 N–H and O–H groups in total. The SMILES string of the molecule is CCC(C)(C)NC(=O)C(C)Oc1c(C)cccc1CN. The second-order valence-electron chi connectivity index (χ2n) is 5.75. The number of carbonyl (C=O) groups is 1. The summed E-state index contributed by atoms with van der Waals surface area (Å²) in [4.78, 5) is 12.2. The summed E-state index contributed by atoms with van der Waals surface area (Å²) in [6.07, 6.45) is 0.316. The third-order valence-corrected chi connectivity index (χ3v) is 3.52. The summed E-state index contributed by atoms with van der Waals surface area (Å²) < 4.78 is 5.83. The van der Waals surface area contributed by atoms with Gasteiger partial charge in [0.15, 0.2) is 6.10 Å². The van der Waals surface area contributed by atoms with E-state index in [9.17, 15) is 4.79 Å². The van der Waals surface area contributed by atoms with Crippen molar-refractivity contribution < 1.29 is 9.53 Å². The molecule has 1 atom stereocenters. The van der Waals surface area contributed by atoms with Gasteiger partial charge in [0.05, 0.1) is 0 Å². The Morgan fingerprint density at radius 3 is 2.65 bits per heavy atom. The first kappa shape index (κ1) is 16.5. The van der Waals surface area contributed by atoms with Crippen LogP contribution in [0.2, 0.25) is 0 Å². The molecule has 0 saturated carbocycles. The number of amides is 1. The van der Waals surface area contributed by atoms with Crippen molar-refractivity contribution in [3.63, 3.8) is 0 Å². The number of nitrogens with two attached hydrogens (primary N) is 1. The zero-order valence-electron chi connectivity index (χ0n) is 13.1. The van der Waals surface area contributed by atoms with Crippen molar-refractivity contribution in [3.8, 4) is 5.75 Å².